The van der Waals surface area contributed by atoms with Crippen LogP contribution in [-0.4, -0.2) is 91.1 Å². The van der Waals surface area contributed by atoms with Gasteiger partial charge >= 0.3 is 0 Å². The second kappa shape index (κ2) is 10.6. The highest BCUT2D eigenvalue weighted by molar-refractivity contribution is 6.32. The lowest BCUT2D eigenvalue weighted by Gasteiger charge is -2.52. The summed E-state index contributed by atoms with van der Waals surface area (Å²) < 4.78 is 5.24. The van der Waals surface area contributed by atoms with Crippen LogP contribution in [0.4, 0.5) is 5.69 Å². The van der Waals surface area contributed by atoms with Crippen molar-refractivity contribution in [2.75, 3.05) is 40.2 Å². The molecule has 43 heavy (non-hydrogen) atoms. The van der Waals surface area contributed by atoms with Gasteiger partial charge in [-0.1, -0.05) is 17.9 Å². The van der Waals surface area contributed by atoms with E-state index in [1.807, 2.05) is 0 Å². The minimum Gasteiger partial charge on any atom is -0.506 e. The number of aromatic hydroxyl groups is 1. The number of methoxy groups -OCH3 is 1. The maximum atomic E-state index is 14.1. The normalized spacial score (nSPS) is 27.9. The number of ether oxygens (including phenoxy) is 1. The molecule has 2 aromatic rings. The summed E-state index contributed by atoms with van der Waals surface area (Å²) in [6.07, 6.45) is 0.144. The van der Waals surface area contributed by atoms with E-state index < -0.39 is 70.1 Å². The number of phenolic OH excluding ortho intramolecular Hbond substituents is 1. The smallest absolute Gasteiger partial charge is 0.235 e. The molecule has 224 valence electrons. The molecule has 1 amide bonds. The molecule has 11 nitrogen and oxygen atoms in total. The standard InChI is InChI=1S/C32H33N3O8/c1-34(2)21-14-16(10-9-15-7-6-8-18(11-15)43-5)26(36)23-19(21)12-17-13-20-25(35(3)4)28(38)24(31(33)41)30(40)32(20,42)29(39)22(17)27(23)37/h6-8,11,14,17,20,22,24-25,36,42H,12-13H2,1-5H3,(H2,33,41)/t17-,20-,22?,24?,25+,32-/m0/s1. The molecule has 2 fully saturated rings. The summed E-state index contributed by atoms with van der Waals surface area (Å²) in [4.78, 5) is 70.3. The highest BCUT2D eigenvalue weighted by Gasteiger charge is 2.69. The van der Waals surface area contributed by atoms with Gasteiger partial charge in [0, 0.05) is 31.3 Å². The van der Waals surface area contributed by atoms with E-state index in [1.54, 1.807) is 63.4 Å². The van der Waals surface area contributed by atoms with Gasteiger partial charge in [0.15, 0.2) is 34.7 Å². The second-order valence-corrected chi connectivity index (χ2v) is 11.8. The summed E-state index contributed by atoms with van der Waals surface area (Å²) in [6, 6.07) is 7.52. The van der Waals surface area contributed by atoms with Crippen LogP contribution < -0.4 is 15.4 Å². The van der Waals surface area contributed by atoms with Crippen LogP contribution in [0.15, 0.2) is 30.3 Å². The van der Waals surface area contributed by atoms with Crippen molar-refractivity contribution < 1.29 is 38.9 Å². The molecule has 0 spiro atoms. The van der Waals surface area contributed by atoms with Crippen molar-refractivity contribution in [1.82, 2.24) is 4.90 Å². The number of rotatable bonds is 4. The molecule has 2 unspecified atom stereocenters. The summed E-state index contributed by atoms with van der Waals surface area (Å²) in [5, 5.41) is 23.1. The van der Waals surface area contributed by atoms with Crippen LogP contribution in [0.25, 0.3) is 0 Å². The van der Waals surface area contributed by atoms with Crippen molar-refractivity contribution in [2.45, 2.75) is 24.5 Å². The number of ketones is 4. The predicted octanol–water partition coefficient (Wildman–Crippen LogP) is 0.341. The summed E-state index contributed by atoms with van der Waals surface area (Å²) in [5.41, 5.74) is 4.37. The van der Waals surface area contributed by atoms with E-state index in [9.17, 15) is 34.2 Å². The van der Waals surface area contributed by atoms with E-state index >= 15 is 0 Å². The summed E-state index contributed by atoms with van der Waals surface area (Å²) in [6.45, 7) is 0. The quantitative estimate of drug-likeness (QED) is 0.335. The molecule has 5 rings (SSSR count). The van der Waals surface area contributed by atoms with Crippen molar-refractivity contribution in [3.05, 3.63) is 52.6 Å². The Labute approximate surface area is 248 Å². The van der Waals surface area contributed by atoms with Crippen molar-refractivity contribution in [2.24, 2.45) is 29.4 Å². The van der Waals surface area contributed by atoms with Crippen LogP contribution in [0.2, 0.25) is 0 Å². The fourth-order valence-corrected chi connectivity index (χ4v) is 6.99. The fourth-order valence-electron chi connectivity index (χ4n) is 6.99. The minimum absolute atomic E-state index is 0.0189. The van der Waals surface area contributed by atoms with Crippen LogP contribution >= 0.6 is 0 Å². The largest absolute Gasteiger partial charge is 0.506 e. The maximum Gasteiger partial charge on any atom is 0.235 e. The first kappa shape index (κ1) is 29.9. The number of benzene rings is 2. The first-order valence-corrected chi connectivity index (χ1v) is 13.8. The Morgan fingerprint density at radius 2 is 1.77 bits per heavy atom. The van der Waals surface area contributed by atoms with Crippen LogP contribution in [-0.2, 0) is 25.6 Å². The van der Waals surface area contributed by atoms with Crippen LogP contribution in [0.5, 0.6) is 11.5 Å². The molecule has 11 heteroatoms. The molecule has 0 aliphatic heterocycles. The van der Waals surface area contributed by atoms with Gasteiger partial charge < -0.3 is 25.6 Å². The zero-order chi connectivity index (χ0) is 31.5. The SMILES string of the molecule is COc1cccc(C#Cc2cc(N(C)C)c3c(c2O)C(=O)C2C(=O)[C@]4(O)C(=O)C(C(N)=O)C(=O)[C@H](N(C)C)[C@@H]4C[C@@H]2C3)c1. The second-order valence-electron chi connectivity index (χ2n) is 11.8. The van der Waals surface area contributed by atoms with Gasteiger partial charge in [0.05, 0.1) is 30.2 Å². The Balaban J connectivity index is 1.64. The number of hydrogen-bond donors (Lipinski definition) is 3. The third-order valence-corrected chi connectivity index (χ3v) is 8.93. The lowest BCUT2D eigenvalue weighted by molar-refractivity contribution is -0.181. The van der Waals surface area contributed by atoms with E-state index in [-0.39, 0.29) is 24.0 Å². The molecule has 0 radical (unpaired) electrons. The van der Waals surface area contributed by atoms with Gasteiger partial charge in [-0.25, -0.2) is 0 Å². The number of Topliss-reactive ketones (excluding diaryl/α,β-unsaturated/α-hetero) is 4. The number of carbonyl (C=O) groups excluding carboxylic acids is 5. The first-order chi connectivity index (χ1) is 20.2. The number of nitrogens with two attached hydrogens (primary N) is 1. The zero-order valence-electron chi connectivity index (χ0n) is 24.5. The molecule has 2 aromatic carbocycles. The van der Waals surface area contributed by atoms with Crippen molar-refractivity contribution in [1.29, 1.82) is 0 Å². The molecule has 0 bridgehead atoms. The van der Waals surface area contributed by atoms with Gasteiger partial charge in [0.2, 0.25) is 5.91 Å². The fraction of sp³-hybridized carbons (Fsp3) is 0.406. The number of anilines is 1. The van der Waals surface area contributed by atoms with E-state index in [2.05, 4.69) is 11.8 Å². The third kappa shape index (κ3) is 4.49. The molecule has 6 atom stereocenters. The summed E-state index contributed by atoms with van der Waals surface area (Å²) in [7, 11) is 8.17. The number of hydrogen-bond acceptors (Lipinski definition) is 10. The van der Waals surface area contributed by atoms with E-state index in [0.717, 1.165) is 0 Å². The average molecular weight is 588 g/mol. The van der Waals surface area contributed by atoms with Crippen LogP contribution in [0.3, 0.4) is 0 Å². The monoisotopic (exact) mass is 587 g/mol. The summed E-state index contributed by atoms with van der Waals surface area (Å²) in [5.74, 6) is -4.49. The van der Waals surface area contributed by atoms with Crippen molar-refractivity contribution >= 4 is 34.7 Å². The number of primary amides is 1. The molecular formula is C32H33N3O8. The number of carbonyl (C=O) groups is 5. The van der Waals surface area contributed by atoms with Gasteiger partial charge in [-0.15, -0.1) is 0 Å². The molecule has 4 N–H and O–H groups in total. The Bertz CT molecular complexity index is 1650. The van der Waals surface area contributed by atoms with Crippen LogP contribution in [0, 0.1) is 35.5 Å². The number of amides is 1. The van der Waals surface area contributed by atoms with Gasteiger partial charge in [0.1, 0.15) is 11.5 Å². The van der Waals surface area contributed by atoms with Gasteiger partial charge in [0.25, 0.3) is 0 Å². The number of phenols is 1. The van der Waals surface area contributed by atoms with E-state index in [1.165, 1.54) is 12.0 Å². The maximum absolute atomic E-state index is 14.1. The van der Waals surface area contributed by atoms with Gasteiger partial charge in [-0.3, -0.25) is 28.9 Å². The Hall–Kier alpha value is -4.53. The molecule has 3 aliphatic carbocycles. The number of likely N-dealkylation sites (N-methyl/N-ethyl adjacent to an activating group) is 1. The molecule has 0 heterocycles. The number of fused-ring (bicyclic) bond motifs is 3. The lowest BCUT2D eigenvalue weighted by Crippen LogP contribution is -2.74. The Kier molecular flexibility index (Phi) is 7.40. The Morgan fingerprint density at radius 1 is 1.07 bits per heavy atom. The van der Waals surface area contributed by atoms with Crippen molar-refractivity contribution in [3.63, 3.8) is 0 Å². The molecule has 2 saturated carbocycles. The number of nitrogens with zero attached hydrogens (tertiary/aromatic N) is 2. The van der Waals surface area contributed by atoms with Crippen LogP contribution in [0.1, 0.15) is 33.5 Å². The third-order valence-electron chi connectivity index (χ3n) is 8.93. The molecule has 3 aliphatic rings. The lowest BCUT2D eigenvalue weighted by atomic mass is 9.52. The van der Waals surface area contributed by atoms with Crippen molar-refractivity contribution in [3.8, 4) is 23.3 Å². The Morgan fingerprint density at radius 3 is 2.37 bits per heavy atom. The molecule has 0 saturated heterocycles. The first-order valence-electron chi connectivity index (χ1n) is 13.8. The highest BCUT2D eigenvalue weighted by atomic mass is 16.5. The van der Waals surface area contributed by atoms with Gasteiger partial charge in [-0.2, -0.15) is 0 Å². The molecular weight excluding hydrogens is 554 g/mol. The van der Waals surface area contributed by atoms with E-state index in [0.29, 0.717) is 22.6 Å². The predicted molar refractivity (Wildman–Crippen MR) is 155 cm³/mol. The average Bonchev–Trinajstić information content (AvgIpc) is 2.94. The number of aliphatic hydroxyl groups is 1. The minimum atomic E-state index is -2.78. The summed E-state index contributed by atoms with van der Waals surface area (Å²) >= 11 is 0. The highest BCUT2D eigenvalue weighted by Crippen LogP contribution is 2.52. The van der Waals surface area contributed by atoms with E-state index in [4.69, 9.17) is 10.5 Å². The van der Waals surface area contributed by atoms with Gasteiger partial charge in [-0.05, 0) is 62.7 Å². The molecule has 0 aromatic heterocycles. The zero-order valence-corrected chi connectivity index (χ0v) is 24.5. The topological polar surface area (TPSA) is 168 Å².